The molecule has 2 aromatic heterocycles. The Bertz CT molecular complexity index is 1890. The zero-order valence-corrected chi connectivity index (χ0v) is 22.9. The molecule has 210 valence electrons. The van der Waals surface area contributed by atoms with Crippen molar-refractivity contribution in [3.8, 4) is 41.2 Å². The molecular weight excluding hydrogens is 534 g/mol. The van der Waals surface area contributed by atoms with Crippen LogP contribution in [0.2, 0.25) is 0 Å². The van der Waals surface area contributed by atoms with Crippen molar-refractivity contribution in [1.29, 1.82) is 0 Å². The van der Waals surface area contributed by atoms with Gasteiger partial charge in [0, 0.05) is 60.8 Å². The molecular formula is C33H28F2N6O. The van der Waals surface area contributed by atoms with Crippen LogP contribution in [-0.2, 0) is 0 Å². The van der Waals surface area contributed by atoms with Crippen LogP contribution in [0.5, 0.6) is 5.75 Å². The average molecular weight is 563 g/mol. The van der Waals surface area contributed by atoms with Crippen LogP contribution < -0.4 is 10.2 Å². The minimum atomic E-state index is -0.906. The SMILES string of the molecule is C#Cc1cccc2cc(O)cc(-c3ncc4c(N5C[C@H]6C[C@@H]5CN6)nc(C#C[C@@]56CCCN5C[C@H](F)C6)nc4c3F)c12. The third-order valence-corrected chi connectivity index (χ3v) is 9.37. The van der Waals surface area contributed by atoms with Gasteiger partial charge < -0.3 is 15.3 Å². The zero-order valence-electron chi connectivity index (χ0n) is 22.9. The van der Waals surface area contributed by atoms with Gasteiger partial charge in [0.05, 0.1) is 10.9 Å². The van der Waals surface area contributed by atoms with E-state index in [4.69, 9.17) is 11.4 Å². The number of terminal acetylenes is 1. The predicted octanol–water partition coefficient (Wildman–Crippen LogP) is 4.15. The largest absolute Gasteiger partial charge is 0.508 e. The average Bonchev–Trinajstić information content (AvgIpc) is 3.77. The minimum absolute atomic E-state index is 0.0217. The van der Waals surface area contributed by atoms with Crippen LogP contribution in [0.25, 0.3) is 32.9 Å². The lowest BCUT2D eigenvalue weighted by molar-refractivity contribution is 0.255. The number of piperazine rings is 1. The molecule has 0 saturated carbocycles. The number of anilines is 1. The van der Waals surface area contributed by atoms with Crippen molar-refractivity contribution in [3.63, 3.8) is 0 Å². The number of hydrogen-bond donors (Lipinski definition) is 2. The maximum absolute atomic E-state index is 16.7. The molecule has 0 aliphatic carbocycles. The highest BCUT2D eigenvalue weighted by Crippen LogP contribution is 2.41. The van der Waals surface area contributed by atoms with Gasteiger partial charge >= 0.3 is 0 Å². The molecule has 0 amide bonds. The highest BCUT2D eigenvalue weighted by molar-refractivity contribution is 6.02. The van der Waals surface area contributed by atoms with E-state index in [0.717, 1.165) is 38.9 Å². The maximum Gasteiger partial charge on any atom is 0.207 e. The number of hydrogen-bond acceptors (Lipinski definition) is 7. The molecule has 2 N–H and O–H groups in total. The zero-order chi connectivity index (χ0) is 28.6. The topological polar surface area (TPSA) is 77.4 Å². The summed E-state index contributed by atoms with van der Waals surface area (Å²) in [6.45, 7) is 2.79. The first-order valence-electron chi connectivity index (χ1n) is 14.4. The number of nitrogens with zero attached hydrogens (tertiary/aromatic N) is 5. The lowest BCUT2D eigenvalue weighted by Gasteiger charge is -2.29. The Morgan fingerprint density at radius 3 is 2.90 bits per heavy atom. The highest BCUT2D eigenvalue weighted by Gasteiger charge is 2.47. The van der Waals surface area contributed by atoms with Crippen LogP contribution >= 0.6 is 0 Å². The Kier molecular flexibility index (Phi) is 5.66. The number of halogens is 2. The number of nitrogens with one attached hydrogen (secondary N) is 1. The van der Waals surface area contributed by atoms with Crippen molar-refractivity contribution in [2.75, 3.05) is 31.1 Å². The first-order chi connectivity index (χ1) is 20.4. The monoisotopic (exact) mass is 562 g/mol. The number of fused-ring (bicyclic) bond motifs is 5. The number of pyridine rings is 1. The number of aromatic hydroxyl groups is 1. The number of aromatic nitrogens is 3. The third-order valence-electron chi connectivity index (χ3n) is 9.37. The molecule has 0 radical (unpaired) electrons. The van der Waals surface area contributed by atoms with Gasteiger partial charge in [-0.2, -0.15) is 0 Å². The number of phenolic OH excluding ortho intramolecular Hbond substituents is 1. The molecule has 4 fully saturated rings. The fourth-order valence-electron chi connectivity index (χ4n) is 7.51. The molecule has 0 unspecified atom stereocenters. The predicted molar refractivity (Wildman–Crippen MR) is 157 cm³/mol. The molecule has 4 aliphatic rings. The van der Waals surface area contributed by atoms with Gasteiger partial charge in [0.15, 0.2) is 5.82 Å². The Hall–Kier alpha value is -4.31. The molecule has 4 aromatic rings. The van der Waals surface area contributed by atoms with Gasteiger partial charge in [0.2, 0.25) is 5.82 Å². The number of phenols is 1. The summed E-state index contributed by atoms with van der Waals surface area (Å²) < 4.78 is 31.1. The third kappa shape index (κ3) is 3.84. The summed E-state index contributed by atoms with van der Waals surface area (Å²) in [4.78, 5) is 18.4. The normalized spacial score (nSPS) is 26.5. The van der Waals surface area contributed by atoms with E-state index in [2.05, 4.69) is 42.8 Å². The number of benzene rings is 2. The van der Waals surface area contributed by atoms with Crippen LogP contribution in [0.4, 0.5) is 14.6 Å². The second-order valence-corrected chi connectivity index (χ2v) is 11.9. The molecule has 0 spiro atoms. The molecule has 2 aromatic carbocycles. The van der Waals surface area contributed by atoms with Crippen LogP contribution in [-0.4, -0.2) is 74.9 Å². The van der Waals surface area contributed by atoms with Gasteiger partial charge in [-0.05, 0) is 55.3 Å². The fraction of sp³-hybridized carbons (Fsp3) is 0.364. The smallest absolute Gasteiger partial charge is 0.207 e. The summed E-state index contributed by atoms with van der Waals surface area (Å²) in [6.07, 6.45) is 9.62. The molecule has 2 bridgehead atoms. The first-order valence-corrected chi connectivity index (χ1v) is 14.4. The van der Waals surface area contributed by atoms with Crippen molar-refractivity contribution >= 4 is 27.5 Å². The van der Waals surface area contributed by atoms with E-state index in [-0.39, 0.29) is 28.8 Å². The number of rotatable bonds is 2. The van der Waals surface area contributed by atoms with E-state index in [1.165, 1.54) is 6.07 Å². The van der Waals surface area contributed by atoms with Gasteiger partial charge in [-0.15, -0.1) is 6.42 Å². The van der Waals surface area contributed by atoms with Crippen molar-refractivity contribution in [3.05, 3.63) is 53.7 Å². The summed E-state index contributed by atoms with van der Waals surface area (Å²) in [7, 11) is 0. The van der Waals surface area contributed by atoms with Gasteiger partial charge in [-0.25, -0.2) is 18.7 Å². The Morgan fingerprint density at radius 1 is 1.19 bits per heavy atom. The van der Waals surface area contributed by atoms with Crippen LogP contribution in [0.1, 0.15) is 37.1 Å². The molecule has 4 aliphatic heterocycles. The van der Waals surface area contributed by atoms with Crippen LogP contribution in [0.15, 0.2) is 36.5 Å². The van der Waals surface area contributed by atoms with E-state index in [0.29, 0.717) is 52.1 Å². The van der Waals surface area contributed by atoms with E-state index in [1.807, 2.05) is 6.07 Å². The molecule has 4 atom stereocenters. The van der Waals surface area contributed by atoms with Crippen LogP contribution in [0, 0.1) is 30.0 Å². The van der Waals surface area contributed by atoms with Gasteiger partial charge in [-0.3, -0.25) is 9.88 Å². The quantitative estimate of drug-likeness (QED) is 0.356. The first kappa shape index (κ1) is 25.4. The molecule has 4 saturated heterocycles. The van der Waals surface area contributed by atoms with E-state index in [9.17, 15) is 9.50 Å². The lowest BCUT2D eigenvalue weighted by Crippen LogP contribution is -2.44. The van der Waals surface area contributed by atoms with Crippen molar-refractivity contribution in [2.45, 2.75) is 49.5 Å². The Balaban J connectivity index is 1.33. The number of alkyl halides is 1. The van der Waals surface area contributed by atoms with Gasteiger partial charge in [0.25, 0.3) is 0 Å². The molecule has 8 rings (SSSR count). The summed E-state index contributed by atoms with van der Waals surface area (Å²) in [6, 6.07) is 9.06. The summed E-state index contributed by atoms with van der Waals surface area (Å²) in [5.74, 6) is 9.29. The Labute approximate surface area is 242 Å². The maximum atomic E-state index is 16.7. The highest BCUT2D eigenvalue weighted by atomic mass is 19.1. The van der Waals surface area contributed by atoms with Crippen molar-refractivity contribution < 1.29 is 13.9 Å². The minimum Gasteiger partial charge on any atom is -0.508 e. The lowest BCUT2D eigenvalue weighted by atomic mass is 9.94. The van der Waals surface area contributed by atoms with E-state index >= 15 is 4.39 Å². The molecule has 42 heavy (non-hydrogen) atoms. The molecule has 6 heterocycles. The van der Waals surface area contributed by atoms with Gasteiger partial charge in [-0.1, -0.05) is 24.0 Å². The molecule has 7 nitrogen and oxygen atoms in total. The second-order valence-electron chi connectivity index (χ2n) is 11.9. The summed E-state index contributed by atoms with van der Waals surface area (Å²) >= 11 is 0. The van der Waals surface area contributed by atoms with Gasteiger partial charge in [0.1, 0.15) is 28.9 Å². The summed E-state index contributed by atoms with van der Waals surface area (Å²) in [5.41, 5.74) is 0.576. The standard InChI is InChI=1S/C33H28F2N6O/c1-2-19-5-3-6-20-11-24(42)13-25(28(19)20)30-29(35)31-26(16-37-30)32(41-18-22-12-23(41)15-36-22)39-27(38-31)7-9-33-8-4-10-40(33)17-21(34)14-33/h1,3,5-6,11,13,16,21-23,36,42H,4,8,10,12,14-15,17-18H2/t21-,22-,23-,33-/m1/s1. The fourth-order valence-corrected chi connectivity index (χ4v) is 7.51. The summed E-state index contributed by atoms with van der Waals surface area (Å²) in [5, 5.41) is 15.8. The second kappa shape index (κ2) is 9.35. The van der Waals surface area contributed by atoms with Crippen molar-refractivity contribution in [1.82, 2.24) is 25.2 Å². The Morgan fingerprint density at radius 2 is 2.10 bits per heavy atom. The molecule has 9 heteroatoms. The van der Waals surface area contributed by atoms with Crippen LogP contribution in [0.3, 0.4) is 0 Å². The van der Waals surface area contributed by atoms with E-state index in [1.54, 1.807) is 24.4 Å². The van der Waals surface area contributed by atoms with E-state index < -0.39 is 17.5 Å². The van der Waals surface area contributed by atoms with Crippen molar-refractivity contribution in [2.24, 2.45) is 0 Å².